The number of hydrogen-bond donors (Lipinski definition) is 2. The number of benzene rings is 1. The molecule has 0 atom stereocenters. The van der Waals surface area contributed by atoms with Crippen LogP contribution >= 0.6 is 0 Å². The zero-order valence-electron chi connectivity index (χ0n) is 10.8. The Morgan fingerprint density at radius 1 is 1.28 bits per heavy atom. The normalized spacial score (nSPS) is 10.4. The molecule has 2 aromatic rings. The molecule has 96 valence electrons. The molecule has 5 nitrogen and oxygen atoms in total. The molecule has 0 radical (unpaired) electrons. The van der Waals surface area contributed by atoms with Crippen LogP contribution in [0, 0.1) is 6.92 Å². The van der Waals surface area contributed by atoms with Gasteiger partial charge in [0.1, 0.15) is 11.5 Å². The van der Waals surface area contributed by atoms with Crippen molar-refractivity contribution in [2.45, 2.75) is 13.5 Å². The summed E-state index contributed by atoms with van der Waals surface area (Å²) in [5, 5.41) is 0. The van der Waals surface area contributed by atoms with Crippen LogP contribution in [0.1, 0.15) is 11.3 Å². The summed E-state index contributed by atoms with van der Waals surface area (Å²) in [5.74, 6) is 1.55. The molecule has 5 heteroatoms. The quantitative estimate of drug-likeness (QED) is 0.865. The largest absolute Gasteiger partial charge is 0.496 e. The average Bonchev–Trinajstić information content (AvgIpc) is 2.86. The molecule has 1 aromatic carbocycles. The molecule has 0 aliphatic carbocycles. The first-order chi connectivity index (χ1) is 8.72. The minimum atomic E-state index is 0.406. The molecule has 0 bridgehead atoms. The zero-order valence-corrected chi connectivity index (χ0v) is 10.8. The molecule has 0 aliphatic heterocycles. The number of aromatic amines is 1. The van der Waals surface area contributed by atoms with E-state index in [-0.39, 0.29) is 0 Å². The van der Waals surface area contributed by atoms with Gasteiger partial charge in [0.05, 0.1) is 31.9 Å². The van der Waals surface area contributed by atoms with Gasteiger partial charge in [0.15, 0.2) is 0 Å². The number of H-pyrrole nitrogens is 1. The summed E-state index contributed by atoms with van der Waals surface area (Å²) in [6.45, 7) is 2.36. The fraction of sp³-hybridized carbons (Fsp3) is 0.308. The zero-order chi connectivity index (χ0) is 13.1. The predicted octanol–water partition coefficient (Wildman–Crippen LogP) is 1.86. The summed E-state index contributed by atoms with van der Waals surface area (Å²) in [5.41, 5.74) is 9.25. The lowest BCUT2D eigenvalue weighted by molar-refractivity contribution is 0.390. The highest BCUT2D eigenvalue weighted by molar-refractivity contribution is 5.73. The Morgan fingerprint density at radius 3 is 2.67 bits per heavy atom. The van der Waals surface area contributed by atoms with Gasteiger partial charge in [0.2, 0.25) is 0 Å². The molecule has 1 heterocycles. The van der Waals surface area contributed by atoms with Gasteiger partial charge < -0.3 is 20.2 Å². The smallest absolute Gasteiger partial charge is 0.134 e. The first kappa shape index (κ1) is 12.4. The first-order valence-corrected chi connectivity index (χ1v) is 5.67. The monoisotopic (exact) mass is 247 g/mol. The Balaban J connectivity index is 2.61. The number of nitrogens with two attached hydrogens (primary N) is 1. The molecule has 0 unspecified atom stereocenters. The van der Waals surface area contributed by atoms with E-state index in [2.05, 4.69) is 9.97 Å². The lowest BCUT2D eigenvalue weighted by Crippen LogP contribution is -2.01. The molecular formula is C13H17N3O2. The minimum Gasteiger partial charge on any atom is -0.496 e. The molecule has 0 spiro atoms. The lowest BCUT2D eigenvalue weighted by Gasteiger charge is -2.14. The van der Waals surface area contributed by atoms with Gasteiger partial charge in [-0.15, -0.1) is 0 Å². The molecule has 0 saturated heterocycles. The Bertz CT molecular complexity index is 549. The van der Waals surface area contributed by atoms with E-state index in [1.807, 2.05) is 19.1 Å². The van der Waals surface area contributed by atoms with Crippen molar-refractivity contribution in [3.63, 3.8) is 0 Å². The predicted molar refractivity (Wildman–Crippen MR) is 69.8 cm³/mol. The second-order valence-corrected chi connectivity index (χ2v) is 3.91. The topological polar surface area (TPSA) is 73.2 Å². The van der Waals surface area contributed by atoms with Gasteiger partial charge in [-0.3, -0.25) is 0 Å². The summed E-state index contributed by atoms with van der Waals surface area (Å²) >= 11 is 0. The van der Waals surface area contributed by atoms with E-state index in [1.165, 1.54) is 0 Å². The van der Waals surface area contributed by atoms with Gasteiger partial charge in [-0.1, -0.05) is 0 Å². The average molecular weight is 247 g/mol. The molecule has 0 fully saturated rings. The number of rotatable bonds is 4. The summed E-state index contributed by atoms with van der Waals surface area (Å²) in [6, 6.07) is 3.84. The molecule has 3 N–H and O–H groups in total. The Morgan fingerprint density at radius 2 is 2.06 bits per heavy atom. The second-order valence-electron chi connectivity index (χ2n) is 3.91. The molecule has 0 aliphatic rings. The molecule has 2 rings (SSSR count). The molecule has 0 amide bonds. The van der Waals surface area contributed by atoms with Crippen molar-refractivity contribution in [3.05, 3.63) is 29.7 Å². The summed E-state index contributed by atoms with van der Waals surface area (Å²) in [7, 11) is 3.28. The van der Waals surface area contributed by atoms with E-state index in [9.17, 15) is 0 Å². The third kappa shape index (κ3) is 1.93. The Labute approximate surface area is 106 Å². The van der Waals surface area contributed by atoms with Crippen LogP contribution in [0.5, 0.6) is 11.5 Å². The van der Waals surface area contributed by atoms with Crippen molar-refractivity contribution in [1.29, 1.82) is 0 Å². The van der Waals surface area contributed by atoms with Crippen LogP contribution in [0.2, 0.25) is 0 Å². The van der Waals surface area contributed by atoms with Crippen molar-refractivity contribution in [2.24, 2.45) is 5.73 Å². The van der Waals surface area contributed by atoms with E-state index in [4.69, 9.17) is 15.2 Å². The molecule has 1 aromatic heterocycles. The SMILES string of the molecule is COc1ccc(-c2nc[nH]c2CN)c(OC)c1C. The van der Waals surface area contributed by atoms with Gasteiger partial charge >= 0.3 is 0 Å². The third-order valence-corrected chi connectivity index (χ3v) is 2.96. The maximum Gasteiger partial charge on any atom is 0.134 e. The summed E-state index contributed by atoms with van der Waals surface area (Å²) in [6.07, 6.45) is 1.64. The van der Waals surface area contributed by atoms with Gasteiger partial charge in [-0.05, 0) is 19.1 Å². The van der Waals surface area contributed by atoms with Gasteiger partial charge in [-0.25, -0.2) is 4.98 Å². The number of nitrogens with zero attached hydrogens (tertiary/aromatic N) is 1. The number of aromatic nitrogens is 2. The lowest BCUT2D eigenvalue weighted by atomic mass is 10.0. The molecule has 0 saturated carbocycles. The van der Waals surface area contributed by atoms with Crippen LogP contribution in [0.3, 0.4) is 0 Å². The number of imidazole rings is 1. The molecular weight excluding hydrogens is 230 g/mol. The molecule has 18 heavy (non-hydrogen) atoms. The number of hydrogen-bond acceptors (Lipinski definition) is 4. The summed E-state index contributed by atoms with van der Waals surface area (Å²) in [4.78, 5) is 7.34. The maximum absolute atomic E-state index is 5.68. The Hall–Kier alpha value is -2.01. The van der Waals surface area contributed by atoms with Crippen molar-refractivity contribution >= 4 is 0 Å². The first-order valence-electron chi connectivity index (χ1n) is 5.67. The van der Waals surface area contributed by atoms with Crippen LogP contribution in [0.4, 0.5) is 0 Å². The van der Waals surface area contributed by atoms with Crippen LogP contribution in [-0.4, -0.2) is 24.2 Å². The standard InChI is InChI=1S/C13H17N3O2/c1-8-11(17-2)5-4-9(13(8)18-3)12-10(6-14)15-7-16-12/h4-5,7H,6,14H2,1-3H3,(H,15,16). The fourth-order valence-corrected chi connectivity index (χ4v) is 2.05. The highest BCUT2D eigenvalue weighted by Gasteiger charge is 2.16. The van der Waals surface area contributed by atoms with Gasteiger partial charge in [0.25, 0.3) is 0 Å². The van der Waals surface area contributed by atoms with Crippen molar-refractivity contribution in [3.8, 4) is 22.8 Å². The Kier molecular flexibility index (Phi) is 3.53. The fourth-order valence-electron chi connectivity index (χ4n) is 2.05. The maximum atomic E-state index is 5.68. The van der Waals surface area contributed by atoms with E-state index in [0.29, 0.717) is 6.54 Å². The van der Waals surface area contributed by atoms with Crippen LogP contribution < -0.4 is 15.2 Å². The van der Waals surface area contributed by atoms with Crippen molar-refractivity contribution in [2.75, 3.05) is 14.2 Å². The number of nitrogens with one attached hydrogen (secondary N) is 1. The number of methoxy groups -OCH3 is 2. The van der Waals surface area contributed by atoms with Crippen LogP contribution in [0.15, 0.2) is 18.5 Å². The minimum absolute atomic E-state index is 0.406. The second kappa shape index (κ2) is 5.10. The van der Waals surface area contributed by atoms with E-state index < -0.39 is 0 Å². The van der Waals surface area contributed by atoms with Gasteiger partial charge in [-0.2, -0.15) is 0 Å². The summed E-state index contributed by atoms with van der Waals surface area (Å²) < 4.78 is 10.8. The highest BCUT2D eigenvalue weighted by atomic mass is 16.5. The highest BCUT2D eigenvalue weighted by Crippen LogP contribution is 2.37. The van der Waals surface area contributed by atoms with E-state index in [0.717, 1.165) is 34.0 Å². The van der Waals surface area contributed by atoms with Crippen molar-refractivity contribution < 1.29 is 9.47 Å². The van der Waals surface area contributed by atoms with Crippen molar-refractivity contribution in [1.82, 2.24) is 9.97 Å². The number of ether oxygens (including phenoxy) is 2. The van der Waals surface area contributed by atoms with E-state index >= 15 is 0 Å². The van der Waals surface area contributed by atoms with E-state index in [1.54, 1.807) is 20.5 Å². The van der Waals surface area contributed by atoms with Gasteiger partial charge in [0, 0.05) is 17.7 Å². The van der Waals surface area contributed by atoms with Crippen LogP contribution in [-0.2, 0) is 6.54 Å². The van der Waals surface area contributed by atoms with Crippen LogP contribution in [0.25, 0.3) is 11.3 Å². The third-order valence-electron chi connectivity index (χ3n) is 2.96.